The number of thiazole rings is 1. The molecule has 0 aromatic carbocycles. The van der Waals surface area contributed by atoms with E-state index >= 15 is 0 Å². The maximum absolute atomic E-state index is 11.6. The van der Waals surface area contributed by atoms with Crippen molar-refractivity contribution >= 4 is 23.2 Å². The number of nitrogens with zero attached hydrogens (tertiary/aromatic N) is 2. The Bertz CT molecular complexity index is 433. The van der Waals surface area contributed by atoms with Gasteiger partial charge in [-0.3, -0.25) is 4.79 Å². The number of ether oxygens (including phenoxy) is 1. The van der Waals surface area contributed by atoms with Crippen molar-refractivity contribution in [3.05, 3.63) is 16.1 Å². The zero-order valence-electron chi connectivity index (χ0n) is 10.9. The minimum atomic E-state index is -1.14. The van der Waals surface area contributed by atoms with E-state index in [2.05, 4.69) is 10.3 Å². The Morgan fingerprint density at radius 2 is 2.21 bits per heavy atom. The normalized spacial score (nSPS) is 10.7. The first-order valence-electron chi connectivity index (χ1n) is 5.70. The van der Waals surface area contributed by atoms with Gasteiger partial charge in [-0.25, -0.2) is 9.78 Å². The van der Waals surface area contributed by atoms with Gasteiger partial charge in [0.15, 0.2) is 10.7 Å². The van der Waals surface area contributed by atoms with Crippen molar-refractivity contribution in [3.63, 3.8) is 0 Å². The molecule has 0 fully saturated rings. The average molecular weight is 287 g/mol. The molecule has 0 aliphatic heterocycles. The molecule has 106 valence electrons. The third kappa shape index (κ3) is 5.77. The van der Waals surface area contributed by atoms with Crippen LogP contribution >= 0.6 is 11.3 Å². The standard InChI is InChI=1S/C11H17N3O4S/c1-14(2)4-6-18-5-3-12-9(15)10-13-8(7-19-10)11(16)17/h7H,3-6H2,1-2H3,(H,12,15)(H,16,17). The highest BCUT2D eigenvalue weighted by Crippen LogP contribution is 2.09. The molecule has 0 unspecified atom stereocenters. The van der Waals surface area contributed by atoms with Crippen LogP contribution in [0.25, 0.3) is 0 Å². The van der Waals surface area contributed by atoms with Gasteiger partial charge in [0, 0.05) is 18.5 Å². The van der Waals surface area contributed by atoms with E-state index in [1.165, 1.54) is 5.38 Å². The molecule has 2 N–H and O–H groups in total. The van der Waals surface area contributed by atoms with Gasteiger partial charge in [-0.05, 0) is 14.1 Å². The zero-order valence-corrected chi connectivity index (χ0v) is 11.7. The van der Waals surface area contributed by atoms with Crippen LogP contribution in [-0.2, 0) is 4.74 Å². The van der Waals surface area contributed by atoms with Gasteiger partial charge in [0.2, 0.25) is 0 Å². The Kier molecular flexibility index (Phi) is 6.40. The van der Waals surface area contributed by atoms with Crippen molar-refractivity contribution in [1.82, 2.24) is 15.2 Å². The molecule has 8 heteroatoms. The van der Waals surface area contributed by atoms with Gasteiger partial charge in [-0.15, -0.1) is 11.3 Å². The predicted octanol–water partition coefficient (Wildman–Crippen LogP) is 0.149. The number of amides is 1. The third-order valence-corrected chi connectivity index (χ3v) is 2.97. The number of carboxylic acids is 1. The molecule has 1 aromatic rings. The summed E-state index contributed by atoms with van der Waals surface area (Å²) >= 11 is 1.01. The van der Waals surface area contributed by atoms with E-state index in [1.54, 1.807) is 0 Å². The lowest BCUT2D eigenvalue weighted by molar-refractivity contribution is 0.0691. The van der Waals surface area contributed by atoms with Crippen LogP contribution in [0.1, 0.15) is 20.3 Å². The monoisotopic (exact) mass is 287 g/mol. The van der Waals surface area contributed by atoms with Gasteiger partial charge in [0.25, 0.3) is 5.91 Å². The van der Waals surface area contributed by atoms with E-state index < -0.39 is 5.97 Å². The lowest BCUT2D eigenvalue weighted by atomic mass is 10.5. The van der Waals surface area contributed by atoms with E-state index in [0.29, 0.717) is 19.8 Å². The second-order valence-corrected chi connectivity index (χ2v) is 4.87. The summed E-state index contributed by atoms with van der Waals surface area (Å²) in [5.74, 6) is -1.52. The smallest absolute Gasteiger partial charge is 0.355 e. The topological polar surface area (TPSA) is 91.8 Å². The number of hydrogen-bond acceptors (Lipinski definition) is 6. The van der Waals surface area contributed by atoms with Gasteiger partial charge in [-0.1, -0.05) is 0 Å². The third-order valence-electron chi connectivity index (χ3n) is 2.13. The van der Waals surface area contributed by atoms with Gasteiger partial charge in [0.1, 0.15) is 0 Å². The molecule has 1 heterocycles. The number of carboxylic acid groups (broad SMARTS) is 1. The molecule has 0 spiro atoms. The Morgan fingerprint density at radius 3 is 2.79 bits per heavy atom. The quantitative estimate of drug-likeness (QED) is 0.661. The van der Waals surface area contributed by atoms with Gasteiger partial charge >= 0.3 is 5.97 Å². The summed E-state index contributed by atoms with van der Waals surface area (Å²) in [5, 5.41) is 12.8. The summed E-state index contributed by atoms with van der Waals surface area (Å²) in [7, 11) is 3.90. The summed E-state index contributed by atoms with van der Waals surface area (Å²) in [4.78, 5) is 27.9. The maximum atomic E-state index is 11.6. The lowest BCUT2D eigenvalue weighted by Gasteiger charge is -2.09. The summed E-state index contributed by atoms with van der Waals surface area (Å²) in [6, 6.07) is 0. The number of aromatic nitrogens is 1. The van der Waals surface area contributed by atoms with Gasteiger partial charge < -0.3 is 20.1 Å². The molecule has 1 amide bonds. The van der Waals surface area contributed by atoms with E-state index in [4.69, 9.17) is 9.84 Å². The van der Waals surface area contributed by atoms with Crippen LogP contribution in [-0.4, -0.2) is 67.3 Å². The van der Waals surface area contributed by atoms with Gasteiger partial charge in [-0.2, -0.15) is 0 Å². The number of carbonyl (C=O) groups is 2. The molecule has 7 nitrogen and oxygen atoms in total. The van der Waals surface area contributed by atoms with Crippen molar-refractivity contribution in [2.45, 2.75) is 0 Å². The molecular formula is C11H17N3O4S. The number of aromatic carboxylic acids is 1. The Balaban J connectivity index is 2.22. The molecule has 0 saturated heterocycles. The van der Waals surface area contributed by atoms with E-state index in [1.807, 2.05) is 19.0 Å². The number of hydrogen-bond donors (Lipinski definition) is 2. The first-order valence-corrected chi connectivity index (χ1v) is 6.58. The Hall–Kier alpha value is -1.51. The number of rotatable bonds is 8. The van der Waals surface area contributed by atoms with Crippen molar-refractivity contribution in [1.29, 1.82) is 0 Å². The van der Waals surface area contributed by atoms with E-state index in [-0.39, 0.29) is 16.6 Å². The number of nitrogens with one attached hydrogen (secondary N) is 1. The first kappa shape index (κ1) is 15.5. The largest absolute Gasteiger partial charge is 0.476 e. The van der Waals surface area contributed by atoms with Crippen molar-refractivity contribution < 1.29 is 19.4 Å². The Morgan fingerprint density at radius 1 is 1.47 bits per heavy atom. The fraction of sp³-hybridized carbons (Fsp3) is 0.545. The first-order chi connectivity index (χ1) is 9.00. The van der Waals surface area contributed by atoms with Crippen LogP contribution in [0, 0.1) is 0 Å². The Labute approximate surface area is 115 Å². The number of likely N-dealkylation sites (N-methyl/N-ethyl adjacent to an activating group) is 1. The number of carbonyl (C=O) groups excluding carboxylic acids is 1. The van der Waals surface area contributed by atoms with Crippen LogP contribution in [0.2, 0.25) is 0 Å². The van der Waals surface area contributed by atoms with Crippen molar-refractivity contribution in [3.8, 4) is 0 Å². The summed E-state index contributed by atoms with van der Waals surface area (Å²) in [6.45, 7) is 2.21. The minimum absolute atomic E-state index is 0.114. The van der Waals surface area contributed by atoms with E-state index in [9.17, 15) is 9.59 Å². The van der Waals surface area contributed by atoms with Crippen LogP contribution in [0.4, 0.5) is 0 Å². The van der Waals surface area contributed by atoms with Crippen molar-refractivity contribution in [2.75, 3.05) is 40.4 Å². The molecule has 0 aliphatic rings. The van der Waals surface area contributed by atoms with Crippen LogP contribution in [0.3, 0.4) is 0 Å². The molecular weight excluding hydrogens is 270 g/mol. The highest BCUT2D eigenvalue weighted by molar-refractivity contribution is 7.11. The molecule has 19 heavy (non-hydrogen) atoms. The lowest BCUT2D eigenvalue weighted by Crippen LogP contribution is -2.28. The summed E-state index contributed by atoms with van der Waals surface area (Å²) in [6.07, 6.45) is 0. The average Bonchev–Trinajstić information content (AvgIpc) is 2.82. The zero-order chi connectivity index (χ0) is 14.3. The predicted molar refractivity (Wildman–Crippen MR) is 70.8 cm³/mol. The molecule has 1 aromatic heterocycles. The summed E-state index contributed by atoms with van der Waals surface area (Å²) < 4.78 is 5.31. The van der Waals surface area contributed by atoms with E-state index in [0.717, 1.165) is 17.9 Å². The maximum Gasteiger partial charge on any atom is 0.355 e. The van der Waals surface area contributed by atoms with Crippen molar-refractivity contribution in [2.24, 2.45) is 0 Å². The summed E-state index contributed by atoms with van der Waals surface area (Å²) in [5.41, 5.74) is -0.114. The SMILES string of the molecule is CN(C)CCOCCNC(=O)c1nc(C(=O)O)cs1. The minimum Gasteiger partial charge on any atom is -0.476 e. The van der Waals surface area contributed by atoms with Crippen LogP contribution < -0.4 is 5.32 Å². The fourth-order valence-corrected chi connectivity index (χ4v) is 1.84. The van der Waals surface area contributed by atoms with Crippen LogP contribution in [0.15, 0.2) is 5.38 Å². The highest BCUT2D eigenvalue weighted by atomic mass is 32.1. The molecule has 0 radical (unpaired) electrons. The molecule has 0 bridgehead atoms. The highest BCUT2D eigenvalue weighted by Gasteiger charge is 2.13. The second kappa shape index (κ2) is 7.82. The molecule has 0 aliphatic carbocycles. The fourth-order valence-electron chi connectivity index (χ4n) is 1.14. The molecule has 0 atom stereocenters. The second-order valence-electron chi connectivity index (χ2n) is 4.01. The van der Waals surface area contributed by atoms with Crippen LogP contribution in [0.5, 0.6) is 0 Å². The molecule has 1 rings (SSSR count). The van der Waals surface area contributed by atoms with Gasteiger partial charge in [0.05, 0.1) is 13.2 Å². The molecule has 0 saturated carbocycles.